The molecule has 0 fully saturated rings. The maximum Gasteiger partial charge on any atom is 0.244 e. The van der Waals surface area contributed by atoms with Crippen molar-refractivity contribution in [1.29, 1.82) is 0 Å². The number of amides is 1. The Morgan fingerprint density at radius 2 is 2.05 bits per heavy atom. The quantitative estimate of drug-likeness (QED) is 0.774. The summed E-state index contributed by atoms with van der Waals surface area (Å²) in [5, 5.41) is 0. The minimum Gasteiger partial charge on any atom is -0.398 e. The summed E-state index contributed by atoms with van der Waals surface area (Å²) < 4.78 is 39.7. The molecule has 1 rings (SSSR count). The number of carbonyl (C=O) groups is 1. The zero-order chi connectivity index (χ0) is 15.5. The van der Waals surface area contributed by atoms with Crippen LogP contribution in [0.15, 0.2) is 17.0 Å². The van der Waals surface area contributed by atoms with Crippen LogP contribution in [0.5, 0.6) is 0 Å². The minimum atomic E-state index is -4.12. The van der Waals surface area contributed by atoms with Gasteiger partial charge in [0.15, 0.2) is 0 Å². The molecular formula is C12H18FN3O3S. The lowest BCUT2D eigenvalue weighted by Crippen LogP contribution is -2.38. The van der Waals surface area contributed by atoms with Crippen molar-refractivity contribution in [2.24, 2.45) is 0 Å². The summed E-state index contributed by atoms with van der Waals surface area (Å²) in [6.07, 6.45) is 0. The molecule has 0 unspecified atom stereocenters. The fourth-order valence-corrected chi connectivity index (χ4v) is 2.49. The highest BCUT2D eigenvalue weighted by molar-refractivity contribution is 7.89. The first-order chi connectivity index (χ1) is 9.19. The molecule has 0 aliphatic carbocycles. The van der Waals surface area contributed by atoms with Crippen LogP contribution in [0.1, 0.15) is 12.5 Å². The van der Waals surface area contributed by atoms with E-state index in [0.717, 1.165) is 12.1 Å². The fraction of sp³-hybridized carbons (Fsp3) is 0.417. The van der Waals surface area contributed by atoms with Gasteiger partial charge in [0.2, 0.25) is 15.9 Å². The van der Waals surface area contributed by atoms with Gasteiger partial charge in [-0.2, -0.15) is 0 Å². The van der Waals surface area contributed by atoms with Gasteiger partial charge in [-0.05, 0) is 31.5 Å². The first-order valence-corrected chi connectivity index (χ1v) is 7.46. The topological polar surface area (TPSA) is 92.5 Å². The van der Waals surface area contributed by atoms with Crippen LogP contribution >= 0.6 is 0 Å². The number of aryl methyl sites for hydroxylation is 1. The van der Waals surface area contributed by atoms with E-state index >= 15 is 0 Å². The van der Waals surface area contributed by atoms with E-state index in [-0.39, 0.29) is 5.69 Å². The van der Waals surface area contributed by atoms with Gasteiger partial charge in [0, 0.05) is 19.3 Å². The molecule has 0 saturated heterocycles. The fourth-order valence-electron chi connectivity index (χ4n) is 1.42. The second-order valence-corrected chi connectivity index (χ2v) is 6.11. The highest BCUT2D eigenvalue weighted by Crippen LogP contribution is 2.21. The zero-order valence-electron chi connectivity index (χ0n) is 11.6. The molecule has 0 aliphatic rings. The largest absolute Gasteiger partial charge is 0.398 e. The highest BCUT2D eigenvalue weighted by Gasteiger charge is 2.21. The molecule has 0 heterocycles. The van der Waals surface area contributed by atoms with E-state index < -0.39 is 33.2 Å². The molecule has 0 atom stereocenters. The Kier molecular flexibility index (Phi) is 5.07. The number of nitrogens with zero attached hydrogens (tertiary/aromatic N) is 1. The van der Waals surface area contributed by atoms with E-state index in [1.165, 1.54) is 4.90 Å². The standard InChI is InChI=1S/C12H18FN3O3S/c1-4-16(3)12(17)7-15-20(18,19)11-6-10(14)8(2)5-9(11)13/h5-6,15H,4,7,14H2,1-3H3. The Morgan fingerprint density at radius 1 is 1.45 bits per heavy atom. The molecule has 0 aromatic heterocycles. The summed E-state index contributed by atoms with van der Waals surface area (Å²) in [6, 6.07) is 2.09. The van der Waals surface area contributed by atoms with Gasteiger partial charge in [0.05, 0.1) is 6.54 Å². The number of carbonyl (C=O) groups excluding carboxylic acids is 1. The summed E-state index contributed by atoms with van der Waals surface area (Å²) in [5.41, 5.74) is 6.20. The van der Waals surface area contributed by atoms with Gasteiger partial charge in [-0.15, -0.1) is 0 Å². The molecular weight excluding hydrogens is 285 g/mol. The van der Waals surface area contributed by atoms with Crippen molar-refractivity contribution in [1.82, 2.24) is 9.62 Å². The Morgan fingerprint density at radius 3 is 2.60 bits per heavy atom. The van der Waals surface area contributed by atoms with Crippen LogP contribution in [0.25, 0.3) is 0 Å². The lowest BCUT2D eigenvalue weighted by Gasteiger charge is -2.15. The van der Waals surface area contributed by atoms with Crippen LogP contribution < -0.4 is 10.5 Å². The Labute approximate surface area is 117 Å². The first kappa shape index (κ1) is 16.4. The van der Waals surface area contributed by atoms with Crippen molar-refractivity contribution < 1.29 is 17.6 Å². The van der Waals surface area contributed by atoms with Crippen molar-refractivity contribution in [3.05, 3.63) is 23.5 Å². The average molecular weight is 303 g/mol. The number of likely N-dealkylation sites (N-methyl/N-ethyl adjacent to an activating group) is 1. The Hall–Kier alpha value is -1.67. The van der Waals surface area contributed by atoms with E-state index in [9.17, 15) is 17.6 Å². The molecule has 0 aliphatic heterocycles. The second-order valence-electron chi connectivity index (χ2n) is 4.37. The third kappa shape index (κ3) is 3.67. The summed E-state index contributed by atoms with van der Waals surface area (Å²) in [7, 11) is -2.58. The predicted octanol–water partition coefficient (Wildman–Crippen LogP) is 0.473. The normalized spacial score (nSPS) is 11.4. The molecule has 8 heteroatoms. The van der Waals surface area contributed by atoms with Crippen molar-refractivity contribution >= 4 is 21.6 Å². The Bertz CT molecular complexity index is 617. The van der Waals surface area contributed by atoms with E-state index in [0.29, 0.717) is 12.1 Å². The molecule has 1 amide bonds. The summed E-state index contributed by atoms with van der Waals surface area (Å²) in [6.45, 7) is 3.35. The molecule has 3 N–H and O–H groups in total. The van der Waals surface area contributed by atoms with E-state index in [2.05, 4.69) is 4.72 Å². The number of benzene rings is 1. The number of halogens is 1. The van der Waals surface area contributed by atoms with E-state index in [4.69, 9.17) is 5.73 Å². The second kappa shape index (κ2) is 6.19. The number of nitrogens with two attached hydrogens (primary N) is 1. The minimum absolute atomic E-state index is 0.170. The summed E-state index contributed by atoms with van der Waals surface area (Å²) >= 11 is 0. The molecule has 1 aromatic carbocycles. The third-order valence-electron chi connectivity index (χ3n) is 2.92. The van der Waals surface area contributed by atoms with Crippen LogP contribution in [0, 0.1) is 12.7 Å². The number of hydrogen-bond donors (Lipinski definition) is 2. The number of hydrogen-bond acceptors (Lipinski definition) is 4. The molecule has 6 nitrogen and oxygen atoms in total. The van der Waals surface area contributed by atoms with Crippen LogP contribution in [-0.4, -0.2) is 39.4 Å². The zero-order valence-corrected chi connectivity index (χ0v) is 12.4. The van der Waals surface area contributed by atoms with Gasteiger partial charge in [-0.1, -0.05) is 0 Å². The number of nitrogens with one attached hydrogen (secondary N) is 1. The predicted molar refractivity (Wildman–Crippen MR) is 74.0 cm³/mol. The molecule has 20 heavy (non-hydrogen) atoms. The van der Waals surface area contributed by atoms with Crippen LogP contribution in [0.3, 0.4) is 0 Å². The van der Waals surface area contributed by atoms with Crippen molar-refractivity contribution in [3.63, 3.8) is 0 Å². The van der Waals surface area contributed by atoms with Crippen LogP contribution in [-0.2, 0) is 14.8 Å². The molecule has 0 radical (unpaired) electrons. The van der Waals surface area contributed by atoms with Gasteiger partial charge in [0.25, 0.3) is 0 Å². The van der Waals surface area contributed by atoms with Gasteiger partial charge < -0.3 is 10.6 Å². The monoisotopic (exact) mass is 303 g/mol. The smallest absolute Gasteiger partial charge is 0.244 e. The number of nitrogen functional groups attached to an aromatic ring is 1. The summed E-state index contributed by atoms with van der Waals surface area (Å²) in [4.78, 5) is 12.3. The van der Waals surface area contributed by atoms with Crippen molar-refractivity contribution in [2.75, 3.05) is 25.9 Å². The molecule has 0 bridgehead atoms. The van der Waals surface area contributed by atoms with Gasteiger partial charge >= 0.3 is 0 Å². The lowest BCUT2D eigenvalue weighted by atomic mass is 10.2. The maximum atomic E-state index is 13.7. The maximum absolute atomic E-state index is 13.7. The molecule has 0 saturated carbocycles. The molecule has 0 spiro atoms. The Balaban J connectivity index is 2.95. The number of sulfonamides is 1. The SMILES string of the molecule is CCN(C)C(=O)CNS(=O)(=O)c1cc(N)c(C)cc1F. The van der Waals surface area contributed by atoms with Gasteiger partial charge in [-0.3, -0.25) is 4.79 Å². The average Bonchev–Trinajstić information content (AvgIpc) is 2.39. The number of rotatable bonds is 5. The van der Waals surface area contributed by atoms with Crippen LogP contribution in [0.2, 0.25) is 0 Å². The van der Waals surface area contributed by atoms with Crippen molar-refractivity contribution in [2.45, 2.75) is 18.7 Å². The highest BCUT2D eigenvalue weighted by atomic mass is 32.2. The van der Waals surface area contributed by atoms with E-state index in [1.54, 1.807) is 20.9 Å². The first-order valence-electron chi connectivity index (χ1n) is 5.98. The van der Waals surface area contributed by atoms with Gasteiger partial charge in [0.1, 0.15) is 10.7 Å². The molecule has 112 valence electrons. The van der Waals surface area contributed by atoms with Crippen LogP contribution in [0.4, 0.5) is 10.1 Å². The molecule has 1 aromatic rings. The van der Waals surface area contributed by atoms with E-state index in [1.807, 2.05) is 0 Å². The number of anilines is 1. The third-order valence-corrected chi connectivity index (χ3v) is 4.34. The van der Waals surface area contributed by atoms with Crippen molar-refractivity contribution in [3.8, 4) is 0 Å². The summed E-state index contributed by atoms with van der Waals surface area (Å²) in [5.74, 6) is -1.31. The lowest BCUT2D eigenvalue weighted by molar-refractivity contribution is -0.128. The van der Waals surface area contributed by atoms with Gasteiger partial charge in [-0.25, -0.2) is 17.5 Å².